The molecule has 0 fully saturated rings. The van der Waals surface area contributed by atoms with E-state index >= 15 is 0 Å². The molecule has 0 saturated heterocycles. The number of ether oxygens (including phenoxy) is 2. The number of nitrogens with zero attached hydrogens (tertiary/aromatic N) is 1. The van der Waals surface area contributed by atoms with Gasteiger partial charge in [0.25, 0.3) is 11.8 Å². The molecule has 0 aliphatic heterocycles. The first-order valence-corrected chi connectivity index (χ1v) is 7.15. The maximum Gasteiger partial charge on any atom is 0.270 e. The topological polar surface area (TPSA) is 104 Å². The highest BCUT2D eigenvalue weighted by molar-refractivity contribution is 5.99. The molecule has 2 rings (SSSR count). The summed E-state index contributed by atoms with van der Waals surface area (Å²) in [5, 5.41) is 10.9. The van der Waals surface area contributed by atoms with Crippen LogP contribution in [0.25, 0.3) is 0 Å². The van der Waals surface area contributed by atoms with Gasteiger partial charge in [-0.15, -0.1) is 0 Å². The first-order chi connectivity index (χ1) is 11.5. The number of aromatic nitrogens is 1. The Labute approximate surface area is 138 Å². The Morgan fingerprint density at radius 2 is 1.67 bits per heavy atom. The molecule has 2 aromatic rings. The fourth-order valence-corrected chi connectivity index (χ4v) is 1.91. The van der Waals surface area contributed by atoms with Crippen molar-refractivity contribution in [3.8, 4) is 11.5 Å². The molecule has 2 N–H and O–H groups in total. The maximum absolute atomic E-state index is 12.1. The molecule has 0 bridgehead atoms. The quantitative estimate of drug-likeness (QED) is 0.479. The molecule has 0 saturated carbocycles. The van der Waals surface area contributed by atoms with Crippen molar-refractivity contribution >= 4 is 11.8 Å². The fourth-order valence-electron chi connectivity index (χ4n) is 1.91. The van der Waals surface area contributed by atoms with Gasteiger partial charge in [-0.3, -0.25) is 20.4 Å². The third kappa shape index (κ3) is 4.13. The van der Waals surface area contributed by atoms with Crippen molar-refractivity contribution in [2.45, 2.75) is 6.92 Å². The highest BCUT2D eigenvalue weighted by Gasteiger charge is 2.13. The summed E-state index contributed by atoms with van der Waals surface area (Å²) in [6.45, 7) is 2.31. The summed E-state index contributed by atoms with van der Waals surface area (Å²) >= 11 is 0. The summed E-state index contributed by atoms with van der Waals surface area (Å²) in [5.74, 6) is -0.115. The average Bonchev–Trinajstić information content (AvgIpc) is 2.60. The first kappa shape index (κ1) is 17.1. The monoisotopic (exact) mass is 331 g/mol. The number of methoxy groups -OCH3 is 1. The van der Waals surface area contributed by atoms with E-state index in [1.165, 1.54) is 37.7 Å². The Balaban J connectivity index is 2.01. The number of rotatable bonds is 5. The second-order valence-corrected chi connectivity index (χ2v) is 4.65. The second kappa shape index (κ2) is 7.82. The van der Waals surface area contributed by atoms with Gasteiger partial charge in [0.05, 0.1) is 19.3 Å². The van der Waals surface area contributed by atoms with E-state index in [2.05, 4.69) is 10.9 Å². The standard InChI is InChI=1S/C16H17N3O5/c1-3-24-13-5-4-12(10-14(13)23-2)16(21)18-17-15(20)11-6-8-19(22)9-7-11/h4-10H,3H2,1-2H3,(H,17,20)(H,18,21). The van der Waals surface area contributed by atoms with Gasteiger partial charge in [0.1, 0.15) is 0 Å². The first-order valence-electron chi connectivity index (χ1n) is 7.15. The predicted octanol–water partition coefficient (Wildman–Crippen LogP) is 0.802. The lowest BCUT2D eigenvalue weighted by molar-refractivity contribution is -0.605. The van der Waals surface area contributed by atoms with Crippen LogP contribution < -0.4 is 25.1 Å². The molecule has 0 radical (unpaired) electrons. The van der Waals surface area contributed by atoms with E-state index in [1.807, 2.05) is 6.92 Å². The summed E-state index contributed by atoms with van der Waals surface area (Å²) in [7, 11) is 1.47. The maximum atomic E-state index is 12.1. The Morgan fingerprint density at radius 3 is 2.25 bits per heavy atom. The Hall–Kier alpha value is -3.29. The third-order valence-corrected chi connectivity index (χ3v) is 3.08. The smallest absolute Gasteiger partial charge is 0.270 e. The number of hydrogen-bond donors (Lipinski definition) is 2. The number of benzene rings is 1. The molecule has 0 unspecified atom stereocenters. The van der Waals surface area contributed by atoms with Crippen molar-refractivity contribution in [3.05, 3.63) is 59.1 Å². The van der Waals surface area contributed by atoms with Gasteiger partial charge in [0, 0.05) is 17.7 Å². The van der Waals surface area contributed by atoms with E-state index in [0.717, 1.165) is 0 Å². The Kier molecular flexibility index (Phi) is 5.56. The van der Waals surface area contributed by atoms with Crippen LogP contribution >= 0.6 is 0 Å². The number of carbonyl (C=O) groups is 2. The van der Waals surface area contributed by atoms with Gasteiger partial charge in [-0.05, 0) is 25.1 Å². The summed E-state index contributed by atoms with van der Waals surface area (Å²) in [6, 6.07) is 7.36. The van der Waals surface area contributed by atoms with Crippen LogP contribution in [-0.4, -0.2) is 25.5 Å². The minimum Gasteiger partial charge on any atom is -0.619 e. The van der Waals surface area contributed by atoms with E-state index in [4.69, 9.17) is 9.47 Å². The van der Waals surface area contributed by atoms with Crippen LogP contribution in [0.3, 0.4) is 0 Å². The van der Waals surface area contributed by atoms with Crippen molar-refractivity contribution in [3.63, 3.8) is 0 Å². The van der Waals surface area contributed by atoms with Gasteiger partial charge in [-0.1, -0.05) is 0 Å². The number of carbonyl (C=O) groups excluding carboxylic acids is 2. The van der Waals surface area contributed by atoms with E-state index in [-0.39, 0.29) is 5.56 Å². The third-order valence-electron chi connectivity index (χ3n) is 3.08. The minimum absolute atomic E-state index is 0.242. The summed E-state index contributed by atoms with van der Waals surface area (Å²) in [6.07, 6.45) is 2.38. The van der Waals surface area contributed by atoms with Crippen molar-refractivity contribution in [1.29, 1.82) is 0 Å². The van der Waals surface area contributed by atoms with Gasteiger partial charge in [0.15, 0.2) is 23.9 Å². The lowest BCUT2D eigenvalue weighted by Gasteiger charge is -2.11. The Bertz CT molecular complexity index is 731. The van der Waals surface area contributed by atoms with Gasteiger partial charge >= 0.3 is 0 Å². The molecule has 1 aromatic carbocycles. The molecular weight excluding hydrogens is 314 g/mol. The van der Waals surface area contributed by atoms with Gasteiger partial charge in [-0.25, -0.2) is 0 Å². The predicted molar refractivity (Wildman–Crippen MR) is 84.5 cm³/mol. The van der Waals surface area contributed by atoms with E-state index < -0.39 is 11.8 Å². The molecule has 0 spiro atoms. The molecule has 1 heterocycles. The number of hydrogen-bond acceptors (Lipinski definition) is 5. The van der Waals surface area contributed by atoms with Crippen LogP contribution in [0.4, 0.5) is 0 Å². The number of nitrogens with one attached hydrogen (secondary N) is 2. The molecule has 8 heteroatoms. The van der Waals surface area contributed by atoms with Crippen molar-refractivity contribution in [2.24, 2.45) is 0 Å². The van der Waals surface area contributed by atoms with E-state index in [1.54, 1.807) is 12.1 Å². The van der Waals surface area contributed by atoms with Crippen LogP contribution in [0.2, 0.25) is 0 Å². The highest BCUT2D eigenvalue weighted by Crippen LogP contribution is 2.27. The fraction of sp³-hybridized carbons (Fsp3) is 0.188. The van der Waals surface area contributed by atoms with E-state index in [9.17, 15) is 14.8 Å². The normalized spacial score (nSPS) is 9.92. The number of hydrazine groups is 1. The molecule has 126 valence electrons. The van der Waals surface area contributed by atoms with Crippen molar-refractivity contribution in [2.75, 3.05) is 13.7 Å². The highest BCUT2D eigenvalue weighted by atomic mass is 16.5. The van der Waals surface area contributed by atoms with Crippen LogP contribution in [0.5, 0.6) is 11.5 Å². The van der Waals surface area contributed by atoms with E-state index in [0.29, 0.717) is 28.4 Å². The minimum atomic E-state index is -0.540. The lowest BCUT2D eigenvalue weighted by atomic mass is 10.2. The summed E-state index contributed by atoms with van der Waals surface area (Å²) in [5.41, 5.74) is 5.10. The molecule has 0 aliphatic rings. The van der Waals surface area contributed by atoms with Gasteiger partial charge in [0.2, 0.25) is 0 Å². The van der Waals surface area contributed by atoms with Gasteiger partial charge in [-0.2, -0.15) is 4.73 Å². The molecule has 1 aromatic heterocycles. The van der Waals surface area contributed by atoms with Crippen molar-refractivity contribution < 1.29 is 23.8 Å². The SMILES string of the molecule is CCOc1ccc(C(=O)NNC(=O)c2cc[n+]([O-])cc2)cc1OC. The summed E-state index contributed by atoms with van der Waals surface area (Å²) < 4.78 is 11.1. The molecule has 8 nitrogen and oxygen atoms in total. The Morgan fingerprint density at radius 1 is 1.04 bits per heavy atom. The molecule has 24 heavy (non-hydrogen) atoms. The largest absolute Gasteiger partial charge is 0.619 e. The van der Waals surface area contributed by atoms with Crippen LogP contribution in [-0.2, 0) is 0 Å². The summed E-state index contributed by atoms with van der Waals surface area (Å²) in [4.78, 5) is 24.0. The number of amides is 2. The molecule has 2 amide bonds. The zero-order valence-electron chi connectivity index (χ0n) is 13.2. The zero-order valence-corrected chi connectivity index (χ0v) is 13.2. The van der Waals surface area contributed by atoms with Gasteiger partial charge < -0.3 is 14.7 Å². The molecular formula is C16H17N3O5. The lowest BCUT2D eigenvalue weighted by Crippen LogP contribution is -2.41. The molecule has 0 atom stereocenters. The second-order valence-electron chi connectivity index (χ2n) is 4.65. The van der Waals surface area contributed by atoms with Crippen LogP contribution in [0.1, 0.15) is 27.6 Å². The van der Waals surface area contributed by atoms with Crippen LogP contribution in [0, 0.1) is 5.21 Å². The zero-order chi connectivity index (χ0) is 17.5. The number of pyridine rings is 1. The molecule has 0 aliphatic carbocycles. The van der Waals surface area contributed by atoms with Crippen LogP contribution in [0.15, 0.2) is 42.7 Å². The van der Waals surface area contributed by atoms with Crippen molar-refractivity contribution in [1.82, 2.24) is 10.9 Å². The average molecular weight is 331 g/mol.